The fraction of sp³-hybridized carbons (Fsp3) is 0.227. The molecule has 0 spiro atoms. The predicted molar refractivity (Wildman–Crippen MR) is 122 cm³/mol. The van der Waals surface area contributed by atoms with E-state index in [-0.39, 0.29) is 28.7 Å². The number of amides is 2. The second-order valence-corrected chi connectivity index (χ2v) is 9.39. The summed E-state index contributed by atoms with van der Waals surface area (Å²) in [6.07, 6.45) is 9.24. The average molecular weight is 467 g/mol. The van der Waals surface area contributed by atoms with Gasteiger partial charge in [0, 0.05) is 30.2 Å². The van der Waals surface area contributed by atoms with Crippen LogP contribution in [0.2, 0.25) is 0 Å². The van der Waals surface area contributed by atoms with E-state index in [2.05, 4.69) is 25.6 Å². The van der Waals surface area contributed by atoms with Crippen LogP contribution in [0, 0.1) is 0 Å². The first kappa shape index (κ1) is 21.0. The molecular formula is C22H22N6O4S. The molecule has 0 bridgehead atoms. The second-order valence-electron chi connectivity index (χ2n) is 7.85. The van der Waals surface area contributed by atoms with Gasteiger partial charge in [0.25, 0.3) is 0 Å². The summed E-state index contributed by atoms with van der Waals surface area (Å²) in [6, 6.07) is 10.8. The van der Waals surface area contributed by atoms with Crippen molar-refractivity contribution in [3.05, 3.63) is 61.2 Å². The van der Waals surface area contributed by atoms with E-state index < -0.39 is 10.1 Å². The maximum Gasteiger partial charge on any atom is 0.339 e. The molecule has 0 unspecified atom stereocenters. The summed E-state index contributed by atoms with van der Waals surface area (Å²) in [4.78, 5) is 23.5. The molecule has 1 saturated carbocycles. The lowest BCUT2D eigenvalue weighted by Gasteiger charge is -2.11. The minimum Gasteiger partial charge on any atom is -0.379 e. The van der Waals surface area contributed by atoms with Gasteiger partial charge in [0.15, 0.2) is 0 Å². The van der Waals surface area contributed by atoms with Crippen LogP contribution in [0.5, 0.6) is 5.75 Å². The van der Waals surface area contributed by atoms with Gasteiger partial charge < -0.3 is 19.1 Å². The van der Waals surface area contributed by atoms with Crippen LogP contribution in [0.4, 0.5) is 10.7 Å². The van der Waals surface area contributed by atoms with E-state index in [0.717, 1.165) is 31.4 Å². The first-order chi connectivity index (χ1) is 16.0. The smallest absolute Gasteiger partial charge is 0.339 e. The molecule has 5 rings (SSSR count). The molecule has 0 aliphatic heterocycles. The zero-order chi connectivity index (χ0) is 22.8. The number of nitrogens with zero attached hydrogens (tertiary/aromatic N) is 3. The van der Waals surface area contributed by atoms with Crippen molar-refractivity contribution < 1.29 is 17.4 Å². The van der Waals surface area contributed by atoms with Gasteiger partial charge in [0.05, 0.1) is 17.4 Å². The fourth-order valence-electron chi connectivity index (χ4n) is 3.87. The number of rotatable bonds is 6. The van der Waals surface area contributed by atoms with Crippen molar-refractivity contribution in [1.29, 1.82) is 0 Å². The van der Waals surface area contributed by atoms with Gasteiger partial charge in [0.1, 0.15) is 10.6 Å². The molecule has 2 aromatic heterocycles. The van der Waals surface area contributed by atoms with Crippen molar-refractivity contribution in [2.24, 2.45) is 0 Å². The standard InChI is InChI=1S/C22H22N6O4S/c29-22(24-15-3-1-2-4-15)27-21-25-19-10-7-17(13-20(19)26-21)32-33(30,31)18-8-5-16(6-9-18)28-12-11-23-14-28/h5-15H,1-4H2,(H3,24,25,26,27,29). The third kappa shape index (κ3) is 4.67. The number of imidazole rings is 2. The molecule has 2 amide bonds. The molecule has 1 fully saturated rings. The lowest BCUT2D eigenvalue weighted by Crippen LogP contribution is -2.36. The van der Waals surface area contributed by atoms with E-state index in [9.17, 15) is 13.2 Å². The van der Waals surface area contributed by atoms with E-state index in [0.29, 0.717) is 11.0 Å². The van der Waals surface area contributed by atoms with E-state index in [4.69, 9.17) is 4.18 Å². The van der Waals surface area contributed by atoms with E-state index in [1.807, 2.05) is 0 Å². The van der Waals surface area contributed by atoms with Crippen LogP contribution in [-0.4, -0.2) is 40.0 Å². The molecule has 3 N–H and O–H groups in total. The van der Waals surface area contributed by atoms with Crippen molar-refractivity contribution in [3.8, 4) is 11.4 Å². The van der Waals surface area contributed by atoms with Crippen molar-refractivity contribution >= 4 is 33.1 Å². The highest BCUT2D eigenvalue weighted by Gasteiger charge is 2.19. The fourth-order valence-corrected chi connectivity index (χ4v) is 4.79. The number of hydrogen-bond donors (Lipinski definition) is 3. The Morgan fingerprint density at radius 2 is 1.91 bits per heavy atom. The summed E-state index contributed by atoms with van der Waals surface area (Å²) < 4.78 is 32.5. The van der Waals surface area contributed by atoms with E-state index in [1.165, 1.54) is 24.3 Å². The van der Waals surface area contributed by atoms with E-state index >= 15 is 0 Å². The number of aromatic nitrogens is 4. The van der Waals surface area contributed by atoms with Crippen molar-refractivity contribution in [3.63, 3.8) is 0 Å². The largest absolute Gasteiger partial charge is 0.379 e. The molecular weight excluding hydrogens is 444 g/mol. The minimum absolute atomic E-state index is 0.0272. The van der Waals surface area contributed by atoms with Gasteiger partial charge in [-0.15, -0.1) is 0 Å². The van der Waals surface area contributed by atoms with Gasteiger partial charge in [-0.2, -0.15) is 8.42 Å². The maximum absolute atomic E-state index is 12.7. The molecule has 1 aliphatic rings. The van der Waals surface area contributed by atoms with Crippen LogP contribution < -0.4 is 14.8 Å². The monoisotopic (exact) mass is 466 g/mol. The van der Waals surface area contributed by atoms with Crippen LogP contribution in [0.1, 0.15) is 25.7 Å². The summed E-state index contributed by atoms with van der Waals surface area (Å²) in [7, 11) is -4.04. The number of carbonyl (C=O) groups is 1. The molecule has 0 saturated heterocycles. The molecule has 10 nitrogen and oxygen atoms in total. The van der Waals surface area contributed by atoms with Gasteiger partial charge in [-0.3, -0.25) is 5.32 Å². The number of hydrogen-bond acceptors (Lipinski definition) is 6. The topological polar surface area (TPSA) is 131 Å². The predicted octanol–water partition coefficient (Wildman–Crippen LogP) is 3.58. The van der Waals surface area contributed by atoms with Crippen LogP contribution in [0.3, 0.4) is 0 Å². The van der Waals surface area contributed by atoms with Gasteiger partial charge >= 0.3 is 16.1 Å². The lowest BCUT2D eigenvalue weighted by atomic mass is 10.3. The Labute approximate surface area is 190 Å². The first-order valence-electron chi connectivity index (χ1n) is 10.6. The minimum atomic E-state index is -4.04. The molecule has 4 aromatic rings. The van der Waals surface area contributed by atoms with Crippen LogP contribution in [0.15, 0.2) is 66.1 Å². The van der Waals surface area contributed by atoms with Crippen LogP contribution in [0.25, 0.3) is 16.7 Å². The number of urea groups is 1. The Balaban J connectivity index is 1.28. The highest BCUT2D eigenvalue weighted by Crippen LogP contribution is 2.25. The highest BCUT2D eigenvalue weighted by atomic mass is 32.2. The number of nitrogens with one attached hydrogen (secondary N) is 3. The number of carbonyl (C=O) groups excluding carboxylic acids is 1. The SMILES string of the molecule is O=C(Nc1nc2cc(OS(=O)(=O)c3ccc(-n4ccnc4)cc3)ccc2[nH]1)NC1CCCC1. The Hall–Kier alpha value is -3.86. The number of fused-ring (bicyclic) bond motifs is 1. The Morgan fingerprint density at radius 1 is 1.12 bits per heavy atom. The number of benzene rings is 2. The van der Waals surface area contributed by atoms with Crippen molar-refractivity contribution in [2.75, 3.05) is 5.32 Å². The number of H-pyrrole nitrogens is 1. The third-order valence-corrected chi connectivity index (χ3v) is 6.77. The van der Waals surface area contributed by atoms with Gasteiger partial charge in [-0.05, 0) is 49.2 Å². The number of aromatic amines is 1. The summed E-state index contributed by atoms with van der Waals surface area (Å²) >= 11 is 0. The first-order valence-corrected chi connectivity index (χ1v) is 12.0. The third-order valence-electron chi connectivity index (χ3n) is 5.51. The Kier molecular flexibility index (Phi) is 5.47. The molecule has 2 aromatic carbocycles. The van der Waals surface area contributed by atoms with E-state index in [1.54, 1.807) is 41.5 Å². The highest BCUT2D eigenvalue weighted by molar-refractivity contribution is 7.87. The van der Waals surface area contributed by atoms with Crippen LogP contribution >= 0.6 is 0 Å². The van der Waals surface area contributed by atoms with Gasteiger partial charge in [-0.1, -0.05) is 12.8 Å². The summed E-state index contributed by atoms with van der Waals surface area (Å²) in [5.41, 5.74) is 1.89. The molecule has 11 heteroatoms. The summed E-state index contributed by atoms with van der Waals surface area (Å²) in [5.74, 6) is 0.394. The molecule has 1 aliphatic carbocycles. The quantitative estimate of drug-likeness (QED) is 0.372. The molecule has 0 atom stereocenters. The van der Waals surface area contributed by atoms with Gasteiger partial charge in [0.2, 0.25) is 5.95 Å². The molecule has 33 heavy (non-hydrogen) atoms. The number of anilines is 1. The zero-order valence-electron chi connectivity index (χ0n) is 17.6. The summed E-state index contributed by atoms with van der Waals surface area (Å²) in [6.45, 7) is 0. The Bertz CT molecular complexity index is 1370. The second kappa shape index (κ2) is 8.58. The molecule has 0 radical (unpaired) electrons. The Morgan fingerprint density at radius 3 is 2.64 bits per heavy atom. The summed E-state index contributed by atoms with van der Waals surface area (Å²) in [5, 5.41) is 5.61. The zero-order valence-corrected chi connectivity index (χ0v) is 18.4. The molecule has 170 valence electrons. The van der Waals surface area contributed by atoms with Gasteiger partial charge in [-0.25, -0.2) is 14.8 Å². The van der Waals surface area contributed by atoms with Crippen molar-refractivity contribution in [1.82, 2.24) is 24.8 Å². The maximum atomic E-state index is 12.7. The normalized spacial score (nSPS) is 14.4. The van der Waals surface area contributed by atoms with Crippen molar-refractivity contribution in [2.45, 2.75) is 36.6 Å². The van der Waals surface area contributed by atoms with Crippen LogP contribution in [-0.2, 0) is 10.1 Å². The molecule has 2 heterocycles. The average Bonchev–Trinajstić information content (AvgIpc) is 3.55. The lowest BCUT2D eigenvalue weighted by molar-refractivity contribution is 0.248.